The SMILES string of the molecule is CCCCNC(=O)[C@H](C)N(Cc1c(Cl)cccc1Cl)C(=O)CCCN(c1cc(C)cc(C)c1)S(C)(=O)=O. The molecule has 0 heterocycles. The zero-order valence-corrected chi connectivity index (χ0v) is 24.5. The van der Waals surface area contributed by atoms with Crippen molar-refractivity contribution in [1.82, 2.24) is 10.2 Å². The second-order valence-corrected chi connectivity index (χ2v) is 12.0. The number of nitrogens with zero attached hydrogens (tertiary/aromatic N) is 2. The van der Waals surface area contributed by atoms with Crippen molar-refractivity contribution in [2.45, 2.75) is 66.0 Å². The Balaban J connectivity index is 2.23. The van der Waals surface area contributed by atoms with Gasteiger partial charge in [-0.1, -0.05) is 48.7 Å². The molecule has 204 valence electrons. The predicted octanol–water partition coefficient (Wildman–Crippen LogP) is 5.49. The molecule has 0 aromatic heterocycles. The van der Waals surface area contributed by atoms with Crippen LogP contribution in [0.3, 0.4) is 0 Å². The molecule has 7 nitrogen and oxygen atoms in total. The molecule has 2 aromatic carbocycles. The third kappa shape index (κ3) is 9.20. The van der Waals surface area contributed by atoms with Crippen LogP contribution in [0.15, 0.2) is 36.4 Å². The number of carbonyl (C=O) groups is 2. The molecule has 2 rings (SSSR count). The molecular weight excluding hydrogens is 533 g/mol. The van der Waals surface area contributed by atoms with Crippen molar-refractivity contribution >= 4 is 50.7 Å². The van der Waals surface area contributed by atoms with E-state index in [-0.39, 0.29) is 37.7 Å². The molecule has 1 atom stereocenters. The zero-order chi connectivity index (χ0) is 27.8. The average Bonchev–Trinajstić information content (AvgIpc) is 2.79. The van der Waals surface area contributed by atoms with Gasteiger partial charge in [0.05, 0.1) is 11.9 Å². The first-order valence-electron chi connectivity index (χ1n) is 12.4. The van der Waals surface area contributed by atoms with Crippen LogP contribution in [-0.2, 0) is 26.2 Å². The molecule has 37 heavy (non-hydrogen) atoms. The van der Waals surface area contributed by atoms with Crippen LogP contribution in [0.1, 0.15) is 56.2 Å². The van der Waals surface area contributed by atoms with Gasteiger partial charge in [-0.25, -0.2) is 8.42 Å². The summed E-state index contributed by atoms with van der Waals surface area (Å²) in [5, 5.41) is 3.68. The highest BCUT2D eigenvalue weighted by Crippen LogP contribution is 2.27. The van der Waals surface area contributed by atoms with Crippen LogP contribution in [0.4, 0.5) is 5.69 Å². The monoisotopic (exact) mass is 569 g/mol. The fraction of sp³-hybridized carbons (Fsp3) is 0.481. The van der Waals surface area contributed by atoms with E-state index in [9.17, 15) is 18.0 Å². The van der Waals surface area contributed by atoms with E-state index in [0.29, 0.717) is 27.8 Å². The third-order valence-corrected chi connectivity index (χ3v) is 7.94. The molecule has 0 aliphatic rings. The molecule has 2 amide bonds. The second kappa shape index (κ2) is 14.0. The van der Waals surface area contributed by atoms with Crippen molar-refractivity contribution in [3.63, 3.8) is 0 Å². The Morgan fingerprint density at radius 1 is 1.03 bits per heavy atom. The first-order valence-corrected chi connectivity index (χ1v) is 15.0. The summed E-state index contributed by atoms with van der Waals surface area (Å²) in [6.07, 6.45) is 3.24. The average molecular weight is 571 g/mol. The molecule has 10 heteroatoms. The molecule has 0 aliphatic heterocycles. The van der Waals surface area contributed by atoms with Crippen molar-refractivity contribution in [3.05, 3.63) is 63.1 Å². The lowest BCUT2D eigenvalue weighted by Gasteiger charge is -2.30. The van der Waals surface area contributed by atoms with Gasteiger partial charge >= 0.3 is 0 Å². The van der Waals surface area contributed by atoms with Crippen molar-refractivity contribution in [2.75, 3.05) is 23.7 Å². The number of amides is 2. The van der Waals surface area contributed by atoms with Crippen LogP contribution < -0.4 is 9.62 Å². The van der Waals surface area contributed by atoms with Gasteiger partial charge in [-0.05, 0) is 69.0 Å². The van der Waals surface area contributed by atoms with Gasteiger partial charge in [0, 0.05) is 41.7 Å². The van der Waals surface area contributed by atoms with Gasteiger partial charge < -0.3 is 10.2 Å². The van der Waals surface area contributed by atoms with Gasteiger partial charge in [0.1, 0.15) is 6.04 Å². The standard InChI is InChI=1S/C27H37Cl2N3O4S/c1-6-7-13-30-27(34)21(4)31(18-23-24(28)10-8-11-25(23)29)26(33)12-9-14-32(37(5,35)36)22-16-19(2)15-20(3)17-22/h8,10-11,15-17,21H,6-7,9,12-14,18H2,1-5H3,(H,30,34)/t21-/m0/s1. The number of hydrogen-bond acceptors (Lipinski definition) is 4. The summed E-state index contributed by atoms with van der Waals surface area (Å²) in [5.74, 6) is -0.555. The maximum Gasteiger partial charge on any atom is 0.242 e. The number of benzene rings is 2. The molecule has 1 N–H and O–H groups in total. The van der Waals surface area contributed by atoms with Crippen LogP contribution in [0.5, 0.6) is 0 Å². The van der Waals surface area contributed by atoms with Crippen LogP contribution in [0, 0.1) is 13.8 Å². The Hall–Kier alpha value is -2.29. The van der Waals surface area contributed by atoms with E-state index in [1.54, 1.807) is 25.1 Å². The summed E-state index contributed by atoms with van der Waals surface area (Å²) in [4.78, 5) is 27.7. The molecule has 0 saturated heterocycles. The Bertz CT molecular complexity index is 1160. The van der Waals surface area contributed by atoms with Crippen molar-refractivity contribution in [1.29, 1.82) is 0 Å². The second-order valence-electron chi connectivity index (χ2n) is 9.33. The lowest BCUT2D eigenvalue weighted by Crippen LogP contribution is -2.48. The molecule has 0 aliphatic carbocycles. The topological polar surface area (TPSA) is 86.8 Å². The van der Waals surface area contributed by atoms with E-state index in [1.165, 1.54) is 9.21 Å². The maximum absolute atomic E-state index is 13.4. The molecule has 0 saturated carbocycles. The number of halogens is 2. The minimum absolute atomic E-state index is 0.0471. The summed E-state index contributed by atoms with van der Waals surface area (Å²) in [5.41, 5.74) is 3.02. The van der Waals surface area contributed by atoms with E-state index in [4.69, 9.17) is 23.2 Å². The number of rotatable bonds is 13. The highest BCUT2D eigenvalue weighted by molar-refractivity contribution is 7.92. The Kier molecular flexibility index (Phi) is 11.7. The number of aryl methyl sites for hydroxylation is 2. The first kappa shape index (κ1) is 30.9. The molecule has 0 fully saturated rings. The number of hydrogen-bond donors (Lipinski definition) is 1. The summed E-state index contributed by atoms with van der Waals surface area (Å²) in [7, 11) is -3.56. The lowest BCUT2D eigenvalue weighted by atomic mass is 10.1. The Morgan fingerprint density at radius 2 is 1.62 bits per heavy atom. The van der Waals surface area contributed by atoms with Crippen molar-refractivity contribution < 1.29 is 18.0 Å². The quantitative estimate of drug-likeness (QED) is 0.323. The first-order chi connectivity index (χ1) is 17.3. The van der Waals surface area contributed by atoms with E-state index >= 15 is 0 Å². The lowest BCUT2D eigenvalue weighted by molar-refractivity contribution is -0.140. The van der Waals surface area contributed by atoms with E-state index in [1.807, 2.05) is 39.0 Å². The zero-order valence-electron chi connectivity index (χ0n) is 22.2. The minimum Gasteiger partial charge on any atom is -0.354 e. The highest BCUT2D eigenvalue weighted by atomic mass is 35.5. The third-order valence-electron chi connectivity index (χ3n) is 6.03. The van der Waals surface area contributed by atoms with Gasteiger partial charge in [0.15, 0.2) is 0 Å². The summed E-state index contributed by atoms with van der Waals surface area (Å²) in [6.45, 7) is 8.23. The van der Waals surface area contributed by atoms with Crippen LogP contribution in [0.2, 0.25) is 10.0 Å². The van der Waals surface area contributed by atoms with Crippen molar-refractivity contribution in [2.24, 2.45) is 0 Å². The number of sulfonamides is 1. The molecule has 0 bridgehead atoms. The summed E-state index contributed by atoms with van der Waals surface area (Å²) >= 11 is 12.7. The molecular formula is C27H37Cl2N3O4S. The Labute approximate surface area is 231 Å². The van der Waals surface area contributed by atoms with Gasteiger partial charge in [-0.3, -0.25) is 13.9 Å². The summed E-state index contributed by atoms with van der Waals surface area (Å²) < 4.78 is 26.4. The van der Waals surface area contributed by atoms with Crippen LogP contribution in [0.25, 0.3) is 0 Å². The maximum atomic E-state index is 13.4. The minimum atomic E-state index is -3.56. The fourth-order valence-corrected chi connectivity index (χ4v) is 5.54. The summed E-state index contributed by atoms with van der Waals surface area (Å²) in [6, 6.07) is 9.92. The van der Waals surface area contributed by atoms with E-state index < -0.39 is 16.1 Å². The van der Waals surface area contributed by atoms with Crippen LogP contribution in [-0.4, -0.2) is 50.5 Å². The Morgan fingerprint density at radius 3 is 2.16 bits per heavy atom. The molecule has 0 radical (unpaired) electrons. The largest absolute Gasteiger partial charge is 0.354 e. The smallest absolute Gasteiger partial charge is 0.242 e. The number of unbranched alkanes of at least 4 members (excludes halogenated alkanes) is 1. The van der Waals surface area contributed by atoms with Crippen molar-refractivity contribution in [3.8, 4) is 0 Å². The number of anilines is 1. The highest BCUT2D eigenvalue weighted by Gasteiger charge is 2.27. The fourth-order valence-electron chi connectivity index (χ4n) is 4.07. The van der Waals surface area contributed by atoms with E-state index in [0.717, 1.165) is 30.2 Å². The van der Waals surface area contributed by atoms with Gasteiger partial charge in [0.25, 0.3) is 0 Å². The van der Waals surface area contributed by atoms with Crippen LogP contribution >= 0.6 is 23.2 Å². The van der Waals surface area contributed by atoms with E-state index in [2.05, 4.69) is 5.32 Å². The molecule has 0 unspecified atom stereocenters. The number of carbonyl (C=O) groups excluding carboxylic acids is 2. The molecule has 0 spiro atoms. The van der Waals surface area contributed by atoms with Gasteiger partial charge in [-0.2, -0.15) is 0 Å². The molecule has 2 aromatic rings. The number of nitrogens with one attached hydrogen (secondary N) is 1. The normalized spacial score (nSPS) is 12.2. The predicted molar refractivity (Wildman–Crippen MR) is 152 cm³/mol. The van der Waals surface area contributed by atoms with Gasteiger partial charge in [-0.15, -0.1) is 0 Å². The van der Waals surface area contributed by atoms with Gasteiger partial charge in [0.2, 0.25) is 21.8 Å².